The highest BCUT2D eigenvalue weighted by atomic mass is 16.3. The lowest BCUT2D eigenvalue weighted by Crippen LogP contribution is -2.16. The molecule has 2 aliphatic rings. The largest absolute Gasteiger partial charge is 0.456 e. The number of hydrogen-bond donors (Lipinski definition) is 0. The molecule has 0 spiro atoms. The Balaban J connectivity index is 1.04. The van der Waals surface area contributed by atoms with E-state index >= 15 is 0 Å². The third kappa shape index (κ3) is 5.43. The predicted octanol–water partition coefficient (Wildman–Crippen LogP) is 16.7. The van der Waals surface area contributed by atoms with Crippen molar-refractivity contribution in [2.45, 2.75) is 38.5 Å². The van der Waals surface area contributed by atoms with Gasteiger partial charge in [0.15, 0.2) is 0 Å². The van der Waals surface area contributed by atoms with Crippen LogP contribution in [0, 0.1) is 0 Å². The summed E-state index contributed by atoms with van der Waals surface area (Å²) in [7, 11) is 0. The Morgan fingerprint density at radius 2 is 0.855 bits per heavy atom. The zero-order chi connectivity index (χ0) is 41.7. The van der Waals surface area contributed by atoms with Gasteiger partial charge in [-0.25, -0.2) is 0 Å². The van der Waals surface area contributed by atoms with Crippen LogP contribution in [0.1, 0.15) is 49.9 Å². The fourth-order valence-corrected chi connectivity index (χ4v) is 10.7. The molecule has 0 bridgehead atoms. The van der Waals surface area contributed by atoms with Gasteiger partial charge < -0.3 is 9.32 Å². The monoisotopic (exact) mass is 795 g/mol. The normalized spacial score (nSPS) is 14.1. The smallest absolute Gasteiger partial charge is 0.136 e. The summed E-state index contributed by atoms with van der Waals surface area (Å²) >= 11 is 0. The van der Waals surface area contributed by atoms with E-state index in [4.69, 9.17) is 4.42 Å². The molecular weight excluding hydrogens is 751 g/mol. The van der Waals surface area contributed by atoms with Gasteiger partial charge in [0.05, 0.1) is 0 Å². The van der Waals surface area contributed by atoms with E-state index in [1.807, 2.05) is 0 Å². The molecule has 62 heavy (non-hydrogen) atoms. The van der Waals surface area contributed by atoms with E-state index < -0.39 is 0 Å². The van der Waals surface area contributed by atoms with Crippen LogP contribution in [0.5, 0.6) is 0 Å². The van der Waals surface area contributed by atoms with Crippen LogP contribution in [0.4, 0.5) is 17.1 Å². The van der Waals surface area contributed by atoms with Crippen LogP contribution in [-0.2, 0) is 10.8 Å². The van der Waals surface area contributed by atoms with Gasteiger partial charge in [-0.1, -0.05) is 173 Å². The average Bonchev–Trinajstić information content (AvgIpc) is 3.88. The number of hydrogen-bond acceptors (Lipinski definition) is 2. The number of furan rings is 1. The van der Waals surface area contributed by atoms with E-state index in [1.165, 1.54) is 77.9 Å². The van der Waals surface area contributed by atoms with Crippen molar-refractivity contribution in [3.8, 4) is 55.6 Å². The summed E-state index contributed by atoms with van der Waals surface area (Å²) in [5.74, 6) is 0. The SMILES string of the molecule is CC1(C)c2ccccc2-c2ccc(N(c3ccc(-c4ccccc4)cc3)c3ccc(-c4c5c(cc6oc7ccccc7c46)C(C)(C)c4cc(-c6ccccc6)ccc4-5)cc3)cc21. The lowest BCUT2D eigenvalue weighted by atomic mass is 9.80. The van der Waals surface area contributed by atoms with E-state index in [-0.39, 0.29) is 10.8 Å². The molecule has 0 amide bonds. The van der Waals surface area contributed by atoms with Crippen LogP contribution in [0.15, 0.2) is 205 Å². The molecule has 0 saturated carbocycles. The van der Waals surface area contributed by atoms with Gasteiger partial charge in [-0.2, -0.15) is 0 Å². The maximum atomic E-state index is 6.71. The molecular formula is C60H45NO. The van der Waals surface area contributed by atoms with Crippen molar-refractivity contribution < 1.29 is 4.42 Å². The minimum atomic E-state index is -0.235. The van der Waals surface area contributed by atoms with Crippen molar-refractivity contribution in [1.29, 1.82) is 0 Å². The highest BCUT2D eigenvalue weighted by Crippen LogP contribution is 2.57. The molecule has 296 valence electrons. The first-order chi connectivity index (χ1) is 30.3. The van der Waals surface area contributed by atoms with Crippen molar-refractivity contribution in [2.75, 3.05) is 4.90 Å². The van der Waals surface area contributed by atoms with Crippen molar-refractivity contribution in [3.63, 3.8) is 0 Å². The van der Waals surface area contributed by atoms with Crippen LogP contribution < -0.4 is 4.90 Å². The number of nitrogens with zero attached hydrogens (tertiary/aromatic N) is 1. The Morgan fingerprint density at radius 1 is 0.339 bits per heavy atom. The summed E-state index contributed by atoms with van der Waals surface area (Å²) < 4.78 is 6.71. The van der Waals surface area contributed by atoms with Crippen molar-refractivity contribution in [2.24, 2.45) is 0 Å². The molecule has 2 heteroatoms. The lowest BCUT2D eigenvalue weighted by Gasteiger charge is -2.28. The lowest BCUT2D eigenvalue weighted by molar-refractivity contribution is 0.647. The number of benzene rings is 9. The summed E-state index contributed by atoms with van der Waals surface area (Å²) in [5.41, 5.74) is 22.7. The number of para-hydroxylation sites is 1. The Labute approximate surface area is 363 Å². The Kier molecular flexibility index (Phi) is 7.96. The first-order valence-electron chi connectivity index (χ1n) is 21.8. The summed E-state index contributed by atoms with van der Waals surface area (Å²) in [4.78, 5) is 2.42. The first kappa shape index (κ1) is 36.4. The standard InChI is InChI=1S/C60H45NO/c1-59(2)50-21-13-11-19-46(50)47-34-32-45(36-52(47)59)61(43-28-23-40(24-29-43)38-15-7-5-8-16-38)44-30-25-41(26-31-44)56-57-48-33-27-42(39-17-9-6-10-18-39)35-51(48)60(3,4)53(57)37-55-58(56)49-20-12-14-22-54(49)62-55/h5-37H,1-4H3. The number of rotatable bonds is 6. The minimum absolute atomic E-state index is 0.118. The van der Waals surface area contributed by atoms with Gasteiger partial charge in [0, 0.05) is 44.2 Å². The van der Waals surface area contributed by atoms with Crippen LogP contribution in [0.3, 0.4) is 0 Å². The molecule has 0 N–H and O–H groups in total. The Hall–Kier alpha value is -7.42. The van der Waals surface area contributed by atoms with Gasteiger partial charge in [-0.3, -0.25) is 0 Å². The molecule has 1 aromatic heterocycles. The van der Waals surface area contributed by atoms with Gasteiger partial charge in [-0.05, 0) is 127 Å². The van der Waals surface area contributed by atoms with Gasteiger partial charge in [0.25, 0.3) is 0 Å². The van der Waals surface area contributed by atoms with Crippen molar-refractivity contribution >= 4 is 39.0 Å². The molecule has 12 rings (SSSR count). The van der Waals surface area contributed by atoms with Gasteiger partial charge in [-0.15, -0.1) is 0 Å². The van der Waals surface area contributed by atoms with E-state index in [2.05, 4.69) is 233 Å². The number of anilines is 3. The van der Waals surface area contributed by atoms with Gasteiger partial charge in [0.2, 0.25) is 0 Å². The fraction of sp³-hybridized carbons (Fsp3) is 0.100. The molecule has 10 aromatic rings. The molecule has 2 aliphatic carbocycles. The van der Waals surface area contributed by atoms with Gasteiger partial charge >= 0.3 is 0 Å². The van der Waals surface area contributed by atoms with E-state index in [9.17, 15) is 0 Å². The molecule has 0 atom stereocenters. The zero-order valence-corrected chi connectivity index (χ0v) is 35.4. The minimum Gasteiger partial charge on any atom is -0.456 e. The molecule has 0 fully saturated rings. The van der Waals surface area contributed by atoms with E-state index in [0.29, 0.717) is 0 Å². The highest BCUT2D eigenvalue weighted by Gasteiger charge is 2.40. The average molecular weight is 796 g/mol. The molecule has 1 heterocycles. The quantitative estimate of drug-likeness (QED) is 0.167. The Morgan fingerprint density at radius 3 is 1.58 bits per heavy atom. The molecule has 0 unspecified atom stereocenters. The van der Waals surface area contributed by atoms with E-state index in [1.54, 1.807) is 0 Å². The second-order valence-corrected chi connectivity index (χ2v) is 18.1. The third-order valence-corrected chi connectivity index (χ3v) is 13.9. The maximum Gasteiger partial charge on any atom is 0.136 e. The van der Waals surface area contributed by atoms with Gasteiger partial charge in [0.1, 0.15) is 11.2 Å². The summed E-state index contributed by atoms with van der Waals surface area (Å²) in [6, 6.07) is 73.4. The van der Waals surface area contributed by atoms with Crippen LogP contribution in [-0.4, -0.2) is 0 Å². The summed E-state index contributed by atoms with van der Waals surface area (Å²) in [5, 5.41) is 2.30. The maximum absolute atomic E-state index is 6.71. The molecule has 9 aromatic carbocycles. The fourth-order valence-electron chi connectivity index (χ4n) is 10.7. The second kappa shape index (κ2) is 13.5. The second-order valence-electron chi connectivity index (χ2n) is 18.1. The molecule has 0 radical (unpaired) electrons. The zero-order valence-electron chi connectivity index (χ0n) is 35.4. The highest BCUT2D eigenvalue weighted by molar-refractivity contribution is 6.17. The van der Waals surface area contributed by atoms with Crippen molar-refractivity contribution in [1.82, 2.24) is 0 Å². The van der Waals surface area contributed by atoms with Crippen LogP contribution >= 0.6 is 0 Å². The topological polar surface area (TPSA) is 16.4 Å². The third-order valence-electron chi connectivity index (χ3n) is 13.9. The van der Waals surface area contributed by atoms with E-state index in [0.717, 1.165) is 39.0 Å². The first-order valence-corrected chi connectivity index (χ1v) is 21.8. The van der Waals surface area contributed by atoms with Crippen LogP contribution in [0.25, 0.3) is 77.6 Å². The van der Waals surface area contributed by atoms with Crippen LogP contribution in [0.2, 0.25) is 0 Å². The summed E-state index contributed by atoms with van der Waals surface area (Å²) in [6.07, 6.45) is 0. The Bertz CT molecular complexity index is 3370. The molecule has 0 saturated heterocycles. The number of fused-ring (bicyclic) bond motifs is 9. The molecule has 2 nitrogen and oxygen atoms in total. The predicted molar refractivity (Wildman–Crippen MR) is 260 cm³/mol. The summed E-state index contributed by atoms with van der Waals surface area (Å²) in [6.45, 7) is 9.45. The van der Waals surface area contributed by atoms with Crippen molar-refractivity contribution in [3.05, 3.63) is 222 Å². The molecule has 0 aliphatic heterocycles.